The Morgan fingerprint density at radius 1 is 1.10 bits per heavy atom. The van der Waals surface area contributed by atoms with Crippen LogP contribution < -0.4 is 5.73 Å². The third kappa shape index (κ3) is 4.07. The number of rotatable bonds is 5. The van der Waals surface area contributed by atoms with E-state index >= 15 is 0 Å². The third-order valence-electron chi connectivity index (χ3n) is 3.46. The molecular formula is C17H20N2O2. The first-order chi connectivity index (χ1) is 10.1. The smallest absolute Gasteiger partial charge is 0.227 e. The maximum atomic E-state index is 12.3. The van der Waals surface area contributed by atoms with E-state index in [2.05, 4.69) is 0 Å². The summed E-state index contributed by atoms with van der Waals surface area (Å²) in [6, 6.07) is 14.6. The molecule has 0 atom stereocenters. The van der Waals surface area contributed by atoms with Crippen LogP contribution in [-0.4, -0.2) is 23.0 Å². The average molecular weight is 284 g/mol. The van der Waals surface area contributed by atoms with E-state index in [0.717, 1.165) is 16.7 Å². The average Bonchev–Trinajstić information content (AvgIpc) is 2.50. The molecule has 4 nitrogen and oxygen atoms in total. The molecule has 0 saturated heterocycles. The van der Waals surface area contributed by atoms with Gasteiger partial charge in [-0.05, 0) is 28.8 Å². The molecule has 1 amide bonds. The molecule has 110 valence electrons. The van der Waals surface area contributed by atoms with Gasteiger partial charge in [-0.15, -0.1) is 0 Å². The Morgan fingerprint density at radius 3 is 2.33 bits per heavy atom. The first kappa shape index (κ1) is 15.1. The minimum Gasteiger partial charge on any atom is -0.508 e. The number of phenols is 1. The standard InChI is InChI=1S/C17H20N2O2/c1-19(12-13-6-8-16(20)9-7-13)17(21)10-14-4-2-3-5-15(14)11-18/h2-9,20H,10-12,18H2,1H3. The minimum atomic E-state index is 0.0453. The minimum absolute atomic E-state index is 0.0453. The maximum Gasteiger partial charge on any atom is 0.227 e. The number of hydrogen-bond donors (Lipinski definition) is 2. The van der Waals surface area contributed by atoms with E-state index in [1.807, 2.05) is 36.4 Å². The third-order valence-corrected chi connectivity index (χ3v) is 3.46. The van der Waals surface area contributed by atoms with Crippen LogP contribution in [0.5, 0.6) is 5.75 Å². The molecule has 0 fully saturated rings. The Labute approximate surface area is 124 Å². The summed E-state index contributed by atoms with van der Waals surface area (Å²) in [4.78, 5) is 14.0. The fourth-order valence-electron chi connectivity index (χ4n) is 2.19. The van der Waals surface area contributed by atoms with Gasteiger partial charge >= 0.3 is 0 Å². The summed E-state index contributed by atoms with van der Waals surface area (Å²) in [6.07, 6.45) is 0.349. The topological polar surface area (TPSA) is 66.6 Å². The highest BCUT2D eigenvalue weighted by atomic mass is 16.3. The van der Waals surface area contributed by atoms with Crippen molar-refractivity contribution in [2.75, 3.05) is 7.05 Å². The number of hydrogen-bond acceptors (Lipinski definition) is 3. The van der Waals surface area contributed by atoms with E-state index in [1.54, 1.807) is 24.1 Å². The van der Waals surface area contributed by atoms with Crippen molar-refractivity contribution in [2.45, 2.75) is 19.5 Å². The highest BCUT2D eigenvalue weighted by Crippen LogP contribution is 2.13. The number of benzene rings is 2. The number of likely N-dealkylation sites (N-methyl/N-ethyl adjacent to an activating group) is 1. The first-order valence-corrected chi connectivity index (χ1v) is 6.89. The van der Waals surface area contributed by atoms with Gasteiger partial charge in [-0.3, -0.25) is 4.79 Å². The van der Waals surface area contributed by atoms with Crippen LogP contribution in [0.2, 0.25) is 0 Å². The van der Waals surface area contributed by atoms with Crippen molar-refractivity contribution in [2.24, 2.45) is 5.73 Å². The van der Waals surface area contributed by atoms with Gasteiger partial charge in [-0.2, -0.15) is 0 Å². The summed E-state index contributed by atoms with van der Waals surface area (Å²) in [5, 5.41) is 9.26. The van der Waals surface area contributed by atoms with E-state index in [0.29, 0.717) is 19.5 Å². The van der Waals surface area contributed by atoms with Crippen LogP contribution in [0.4, 0.5) is 0 Å². The molecule has 0 aliphatic rings. The van der Waals surface area contributed by atoms with Gasteiger partial charge in [0.25, 0.3) is 0 Å². The zero-order chi connectivity index (χ0) is 15.2. The second kappa shape index (κ2) is 6.90. The lowest BCUT2D eigenvalue weighted by atomic mass is 10.0. The predicted molar refractivity (Wildman–Crippen MR) is 82.6 cm³/mol. The van der Waals surface area contributed by atoms with Gasteiger partial charge in [-0.25, -0.2) is 0 Å². The van der Waals surface area contributed by atoms with Crippen LogP contribution in [0.25, 0.3) is 0 Å². The number of aromatic hydroxyl groups is 1. The van der Waals surface area contributed by atoms with Crippen LogP contribution in [0.15, 0.2) is 48.5 Å². The zero-order valence-electron chi connectivity index (χ0n) is 12.1. The van der Waals surface area contributed by atoms with E-state index in [1.165, 1.54) is 0 Å². The molecular weight excluding hydrogens is 264 g/mol. The molecule has 0 bridgehead atoms. The molecule has 0 aliphatic heterocycles. The van der Waals surface area contributed by atoms with E-state index < -0.39 is 0 Å². The number of nitrogens with zero attached hydrogens (tertiary/aromatic N) is 1. The molecule has 0 unspecified atom stereocenters. The Kier molecular flexibility index (Phi) is 4.95. The Balaban J connectivity index is 2.01. The number of carbonyl (C=O) groups excluding carboxylic acids is 1. The molecule has 0 heterocycles. The molecule has 0 aromatic heterocycles. The molecule has 4 heteroatoms. The fraction of sp³-hybridized carbons (Fsp3) is 0.235. The van der Waals surface area contributed by atoms with Crippen molar-refractivity contribution in [3.8, 4) is 5.75 Å². The van der Waals surface area contributed by atoms with Crippen LogP contribution in [0.3, 0.4) is 0 Å². The molecule has 0 aliphatic carbocycles. The molecule has 0 saturated carbocycles. The number of nitrogens with two attached hydrogens (primary N) is 1. The summed E-state index contributed by atoms with van der Waals surface area (Å²) in [5.41, 5.74) is 8.65. The molecule has 0 spiro atoms. The lowest BCUT2D eigenvalue weighted by molar-refractivity contribution is -0.129. The lowest BCUT2D eigenvalue weighted by Gasteiger charge is -2.18. The van der Waals surface area contributed by atoms with Crippen LogP contribution in [-0.2, 0) is 24.3 Å². The van der Waals surface area contributed by atoms with Gasteiger partial charge in [0.2, 0.25) is 5.91 Å². The van der Waals surface area contributed by atoms with Gasteiger partial charge < -0.3 is 15.7 Å². The molecule has 2 aromatic rings. The van der Waals surface area contributed by atoms with Gasteiger partial charge in [0, 0.05) is 20.1 Å². The second-order valence-electron chi connectivity index (χ2n) is 5.07. The Morgan fingerprint density at radius 2 is 1.71 bits per heavy atom. The molecule has 0 radical (unpaired) electrons. The fourth-order valence-corrected chi connectivity index (χ4v) is 2.19. The highest BCUT2D eigenvalue weighted by molar-refractivity contribution is 5.78. The normalized spacial score (nSPS) is 10.4. The number of phenolic OH excluding ortho intramolecular Hbond substituents is 1. The summed E-state index contributed by atoms with van der Waals surface area (Å²) in [7, 11) is 1.78. The number of amides is 1. The SMILES string of the molecule is CN(Cc1ccc(O)cc1)C(=O)Cc1ccccc1CN. The monoisotopic (exact) mass is 284 g/mol. The first-order valence-electron chi connectivity index (χ1n) is 6.89. The quantitative estimate of drug-likeness (QED) is 0.883. The second-order valence-corrected chi connectivity index (χ2v) is 5.07. The van der Waals surface area contributed by atoms with Crippen LogP contribution in [0, 0.1) is 0 Å². The van der Waals surface area contributed by atoms with Gasteiger partial charge in [-0.1, -0.05) is 36.4 Å². The van der Waals surface area contributed by atoms with Crippen molar-refractivity contribution in [1.29, 1.82) is 0 Å². The summed E-state index contributed by atoms with van der Waals surface area (Å²) >= 11 is 0. The summed E-state index contributed by atoms with van der Waals surface area (Å²) in [6.45, 7) is 0.953. The number of carbonyl (C=O) groups is 1. The molecule has 2 aromatic carbocycles. The van der Waals surface area contributed by atoms with E-state index in [-0.39, 0.29) is 11.7 Å². The summed E-state index contributed by atoms with van der Waals surface area (Å²) < 4.78 is 0. The van der Waals surface area contributed by atoms with Crippen molar-refractivity contribution in [3.63, 3.8) is 0 Å². The maximum absolute atomic E-state index is 12.3. The van der Waals surface area contributed by atoms with Gasteiger partial charge in [0.15, 0.2) is 0 Å². The van der Waals surface area contributed by atoms with Crippen molar-refractivity contribution in [1.82, 2.24) is 4.90 Å². The zero-order valence-corrected chi connectivity index (χ0v) is 12.1. The van der Waals surface area contributed by atoms with E-state index in [9.17, 15) is 9.90 Å². The predicted octanol–water partition coefficient (Wildman–Crippen LogP) is 2.05. The van der Waals surface area contributed by atoms with Crippen LogP contribution in [0.1, 0.15) is 16.7 Å². The van der Waals surface area contributed by atoms with Crippen molar-refractivity contribution < 1.29 is 9.90 Å². The van der Waals surface area contributed by atoms with Gasteiger partial charge in [0.05, 0.1) is 6.42 Å². The molecule has 2 rings (SSSR count). The van der Waals surface area contributed by atoms with E-state index in [4.69, 9.17) is 5.73 Å². The Bertz CT molecular complexity index is 608. The molecule has 21 heavy (non-hydrogen) atoms. The lowest BCUT2D eigenvalue weighted by Crippen LogP contribution is -2.28. The highest BCUT2D eigenvalue weighted by Gasteiger charge is 2.12. The van der Waals surface area contributed by atoms with Gasteiger partial charge in [0.1, 0.15) is 5.75 Å². The Hall–Kier alpha value is -2.33. The largest absolute Gasteiger partial charge is 0.508 e. The van der Waals surface area contributed by atoms with Crippen LogP contribution >= 0.6 is 0 Å². The summed E-state index contributed by atoms with van der Waals surface area (Å²) in [5.74, 6) is 0.272. The molecule has 3 N–H and O–H groups in total. The van der Waals surface area contributed by atoms with Crippen molar-refractivity contribution in [3.05, 3.63) is 65.2 Å². The van der Waals surface area contributed by atoms with Crippen molar-refractivity contribution >= 4 is 5.91 Å².